The van der Waals surface area contributed by atoms with E-state index in [1.165, 1.54) is 5.56 Å². The Morgan fingerprint density at radius 2 is 1.89 bits per heavy atom. The lowest BCUT2D eigenvalue weighted by Gasteiger charge is -2.33. The first-order valence-electron chi connectivity index (χ1n) is 11.6. The number of aryl methyl sites for hydroxylation is 2. The number of aliphatic hydroxyl groups excluding tert-OH is 1. The van der Waals surface area contributed by atoms with Gasteiger partial charge in [0, 0.05) is 19.5 Å². The van der Waals surface area contributed by atoms with Crippen LogP contribution in [0.3, 0.4) is 0 Å². The van der Waals surface area contributed by atoms with Gasteiger partial charge in [0.1, 0.15) is 29.9 Å². The average Bonchev–Trinajstić information content (AvgIpc) is 3.45. The van der Waals surface area contributed by atoms with Gasteiger partial charge in [0.15, 0.2) is 5.76 Å². The Kier molecular flexibility index (Phi) is 9.08. The zero-order valence-corrected chi connectivity index (χ0v) is 21.1. The second-order valence-electron chi connectivity index (χ2n) is 8.95. The number of benzene rings is 2. The van der Waals surface area contributed by atoms with Crippen molar-refractivity contribution in [3.8, 4) is 17.4 Å². The number of likely N-dealkylation sites (tertiary alicyclic amines) is 1. The number of rotatable bonds is 7. The van der Waals surface area contributed by atoms with Crippen LogP contribution in [0.25, 0.3) is 22.6 Å². The molecular weight excluding hydrogens is 489 g/mol. The normalized spacial score (nSPS) is 15.3. The topological polar surface area (TPSA) is 116 Å². The van der Waals surface area contributed by atoms with E-state index in [1.54, 1.807) is 19.1 Å². The molecule has 0 unspecified atom stereocenters. The molecule has 0 aliphatic carbocycles. The van der Waals surface area contributed by atoms with Gasteiger partial charge in [-0.25, -0.2) is 4.39 Å². The number of hydrogen-bond donors (Lipinski definition) is 1. The zero-order valence-electron chi connectivity index (χ0n) is 20.2. The number of piperidine rings is 1. The number of aliphatic hydroxyl groups is 1. The van der Waals surface area contributed by atoms with E-state index in [9.17, 15) is 9.50 Å². The Hall–Kier alpha value is -2.98. The summed E-state index contributed by atoms with van der Waals surface area (Å²) in [5.74, 6) is 2.14. The molecule has 0 radical (unpaired) electrons. The van der Waals surface area contributed by atoms with Gasteiger partial charge in [0.25, 0.3) is 5.89 Å². The van der Waals surface area contributed by atoms with Crippen LogP contribution in [0.1, 0.15) is 35.8 Å². The Morgan fingerprint density at radius 1 is 1.11 bits per heavy atom. The minimum absolute atomic E-state index is 0. The molecule has 1 aliphatic rings. The van der Waals surface area contributed by atoms with Crippen molar-refractivity contribution in [2.24, 2.45) is 0 Å². The van der Waals surface area contributed by atoms with Gasteiger partial charge >= 0.3 is 0 Å². The van der Waals surface area contributed by atoms with Crippen LogP contribution in [0, 0.1) is 19.7 Å². The summed E-state index contributed by atoms with van der Waals surface area (Å²) >= 11 is 0. The minimum Gasteiger partial charge on any atom is -0.490 e. The van der Waals surface area contributed by atoms with Crippen LogP contribution >= 0.6 is 12.4 Å². The van der Waals surface area contributed by atoms with Gasteiger partial charge in [-0.2, -0.15) is 0 Å². The Bertz CT molecular complexity index is 1290. The number of furan rings is 1. The summed E-state index contributed by atoms with van der Waals surface area (Å²) in [6.07, 6.45) is 1.36. The molecule has 3 N–H and O–H groups in total. The van der Waals surface area contributed by atoms with Crippen LogP contribution in [-0.4, -0.2) is 58.0 Å². The minimum atomic E-state index is -0.621. The van der Waals surface area contributed by atoms with Crippen molar-refractivity contribution in [2.45, 2.75) is 38.7 Å². The van der Waals surface area contributed by atoms with E-state index in [-0.39, 0.29) is 30.3 Å². The van der Waals surface area contributed by atoms with E-state index >= 15 is 0 Å². The lowest BCUT2D eigenvalue weighted by molar-refractivity contribution is 0.0599. The Balaban J connectivity index is 0.00000180. The van der Waals surface area contributed by atoms with Crippen molar-refractivity contribution in [2.75, 3.05) is 26.2 Å². The fourth-order valence-electron chi connectivity index (χ4n) is 4.72. The van der Waals surface area contributed by atoms with E-state index < -0.39 is 6.10 Å². The highest BCUT2D eigenvalue weighted by Crippen LogP contribution is 2.33. The van der Waals surface area contributed by atoms with E-state index in [0.29, 0.717) is 41.3 Å². The molecule has 5 rings (SSSR count). The average molecular weight is 520 g/mol. The fourth-order valence-corrected chi connectivity index (χ4v) is 4.72. The monoisotopic (exact) mass is 519 g/mol. The summed E-state index contributed by atoms with van der Waals surface area (Å²) < 4.78 is 30.7. The zero-order chi connectivity index (χ0) is 23.7. The number of fused-ring (bicyclic) bond motifs is 1. The Labute approximate surface area is 214 Å². The molecule has 1 fully saturated rings. The van der Waals surface area contributed by atoms with E-state index in [0.717, 1.165) is 36.9 Å². The maximum absolute atomic E-state index is 13.4. The van der Waals surface area contributed by atoms with Crippen molar-refractivity contribution in [1.82, 2.24) is 15.1 Å². The van der Waals surface area contributed by atoms with Crippen LogP contribution in [0.4, 0.5) is 4.39 Å². The predicted molar refractivity (Wildman–Crippen MR) is 136 cm³/mol. The first-order chi connectivity index (χ1) is 16.5. The van der Waals surface area contributed by atoms with Gasteiger partial charge in [-0.05, 0) is 74.2 Å². The second-order valence-corrected chi connectivity index (χ2v) is 8.95. The molecule has 8 nitrogen and oxygen atoms in total. The smallest absolute Gasteiger partial charge is 0.283 e. The van der Waals surface area contributed by atoms with Crippen molar-refractivity contribution < 1.29 is 28.5 Å². The summed E-state index contributed by atoms with van der Waals surface area (Å²) in [6.45, 7) is 6.20. The quantitative estimate of drug-likeness (QED) is 0.383. The second kappa shape index (κ2) is 11.8. The predicted octanol–water partition coefficient (Wildman–Crippen LogP) is 4.46. The molecule has 36 heavy (non-hydrogen) atoms. The third kappa shape index (κ3) is 6.04. The summed E-state index contributed by atoms with van der Waals surface area (Å²) in [5.41, 5.74) is 2.89. The largest absolute Gasteiger partial charge is 0.490 e. The molecule has 1 atom stereocenters. The van der Waals surface area contributed by atoms with Gasteiger partial charge in [0.05, 0.1) is 5.39 Å². The van der Waals surface area contributed by atoms with Crippen LogP contribution in [0.5, 0.6) is 5.75 Å². The van der Waals surface area contributed by atoms with E-state index in [4.69, 9.17) is 13.6 Å². The highest BCUT2D eigenvalue weighted by Gasteiger charge is 2.24. The maximum atomic E-state index is 13.4. The lowest BCUT2D eigenvalue weighted by atomic mass is 9.87. The SMILES string of the molecule is Cc1nnc(-c2cc3c(OC[C@@H](O)CN4CCC(c5ccc(F)cc5C)CC4)cccc3o2)o1.Cl.O. The Morgan fingerprint density at radius 3 is 2.58 bits per heavy atom. The number of nitrogens with zero attached hydrogens (tertiary/aromatic N) is 3. The highest BCUT2D eigenvalue weighted by molar-refractivity contribution is 5.87. The standard InChI is InChI=1S/C26H28FN3O4.ClH.H2O/c1-16-12-19(27)6-7-21(16)18-8-10-30(11-9-18)14-20(31)15-32-23-4-3-5-24-22(23)13-25(34-24)26-29-28-17(2)33-26;;/h3-7,12-13,18,20,31H,8-11,14-15H2,1-2H3;1H;1H2/t20-;;/m0../s1. The van der Waals surface area contributed by atoms with Gasteiger partial charge in [-0.15, -0.1) is 22.6 Å². The van der Waals surface area contributed by atoms with Crippen molar-refractivity contribution in [1.29, 1.82) is 0 Å². The van der Waals surface area contributed by atoms with Crippen molar-refractivity contribution in [3.05, 3.63) is 65.3 Å². The maximum Gasteiger partial charge on any atom is 0.283 e. The first-order valence-corrected chi connectivity index (χ1v) is 11.6. The molecule has 2 aromatic carbocycles. The molecule has 0 bridgehead atoms. The van der Waals surface area contributed by atoms with Crippen molar-refractivity contribution in [3.63, 3.8) is 0 Å². The number of β-amino-alcohol motifs (C(OH)–C–C–N with tert-alkyl or cyclic N) is 1. The van der Waals surface area contributed by atoms with Gasteiger partial charge in [0.2, 0.25) is 5.89 Å². The number of halogens is 2. The van der Waals surface area contributed by atoms with Crippen molar-refractivity contribution >= 4 is 23.4 Å². The number of hydrogen-bond acceptors (Lipinski definition) is 7. The van der Waals surface area contributed by atoms with E-state index in [1.807, 2.05) is 37.3 Å². The van der Waals surface area contributed by atoms with Crippen LogP contribution in [0.2, 0.25) is 0 Å². The van der Waals surface area contributed by atoms with Gasteiger partial charge in [-0.1, -0.05) is 12.1 Å². The molecule has 4 aromatic rings. The molecule has 10 heteroatoms. The molecular formula is C26H31ClFN3O5. The summed E-state index contributed by atoms with van der Waals surface area (Å²) in [7, 11) is 0. The number of aromatic nitrogens is 2. The van der Waals surface area contributed by atoms with Crippen LogP contribution in [0.15, 0.2) is 51.3 Å². The summed E-state index contributed by atoms with van der Waals surface area (Å²) in [6, 6.07) is 12.4. The summed E-state index contributed by atoms with van der Waals surface area (Å²) in [4.78, 5) is 2.26. The molecule has 1 saturated heterocycles. The third-order valence-electron chi connectivity index (χ3n) is 6.42. The first kappa shape index (κ1) is 27.6. The fraction of sp³-hybridized carbons (Fsp3) is 0.385. The summed E-state index contributed by atoms with van der Waals surface area (Å²) in [5, 5.41) is 19.2. The number of ether oxygens (including phenoxy) is 1. The molecule has 0 spiro atoms. The van der Waals surface area contributed by atoms with E-state index in [2.05, 4.69) is 15.1 Å². The lowest BCUT2D eigenvalue weighted by Crippen LogP contribution is -2.40. The molecule has 1 aliphatic heterocycles. The van der Waals surface area contributed by atoms with Gasteiger partial charge in [-0.3, -0.25) is 0 Å². The molecule has 3 heterocycles. The molecule has 2 aromatic heterocycles. The third-order valence-corrected chi connectivity index (χ3v) is 6.42. The van der Waals surface area contributed by atoms with Gasteiger partial charge < -0.3 is 29.1 Å². The highest BCUT2D eigenvalue weighted by atomic mass is 35.5. The molecule has 194 valence electrons. The van der Waals surface area contributed by atoms with Crippen LogP contribution < -0.4 is 4.74 Å². The molecule has 0 amide bonds. The molecule has 0 saturated carbocycles. The van der Waals surface area contributed by atoms with Crippen LogP contribution in [-0.2, 0) is 0 Å².